The highest BCUT2D eigenvalue weighted by Gasteiger charge is 2.32. The fraction of sp³-hybridized carbons (Fsp3) is 0.571. The van der Waals surface area contributed by atoms with Crippen molar-refractivity contribution in [3.63, 3.8) is 0 Å². The van der Waals surface area contributed by atoms with Gasteiger partial charge in [-0.1, -0.05) is 30.3 Å². The molecule has 1 aliphatic rings. The van der Waals surface area contributed by atoms with Gasteiger partial charge in [-0.15, -0.1) is 0 Å². The molecule has 0 heterocycles. The lowest BCUT2D eigenvalue weighted by Crippen LogP contribution is -2.41. The summed E-state index contributed by atoms with van der Waals surface area (Å²) in [4.78, 5) is 0. The van der Waals surface area contributed by atoms with Gasteiger partial charge in [-0.2, -0.15) is 0 Å². The molecule has 1 aliphatic carbocycles. The molecule has 2 heteroatoms. The van der Waals surface area contributed by atoms with Gasteiger partial charge in [0.1, 0.15) is 0 Å². The number of rotatable bonds is 3. The summed E-state index contributed by atoms with van der Waals surface area (Å²) in [6, 6.07) is 10.9. The molecule has 0 aromatic heterocycles. The van der Waals surface area contributed by atoms with E-state index < -0.39 is 5.60 Å². The second-order valence-electron chi connectivity index (χ2n) is 4.95. The van der Waals surface area contributed by atoms with E-state index in [1.807, 2.05) is 25.2 Å². The Morgan fingerprint density at radius 3 is 2.44 bits per heavy atom. The Balaban J connectivity index is 1.95. The molecule has 0 amide bonds. The van der Waals surface area contributed by atoms with Gasteiger partial charge in [0.05, 0.1) is 5.60 Å². The SMILES string of the molecule is CNC1CCC(O)(Cc2ccccc2)CC1. The van der Waals surface area contributed by atoms with E-state index in [0.29, 0.717) is 6.04 Å². The maximum Gasteiger partial charge on any atom is 0.0689 e. The quantitative estimate of drug-likeness (QED) is 0.816. The summed E-state index contributed by atoms with van der Waals surface area (Å²) in [7, 11) is 2.01. The van der Waals surface area contributed by atoms with Crippen LogP contribution in [0.3, 0.4) is 0 Å². The van der Waals surface area contributed by atoms with Crippen LogP contribution in [-0.2, 0) is 6.42 Å². The zero-order valence-electron chi connectivity index (χ0n) is 9.95. The molecular formula is C14H21NO. The van der Waals surface area contributed by atoms with E-state index in [1.54, 1.807) is 0 Å². The molecule has 0 radical (unpaired) electrons. The predicted octanol–water partition coefficient (Wildman–Crippen LogP) is 2.12. The normalized spacial score (nSPS) is 30.2. The zero-order valence-corrected chi connectivity index (χ0v) is 9.95. The van der Waals surface area contributed by atoms with Crippen LogP contribution in [0, 0.1) is 0 Å². The van der Waals surface area contributed by atoms with Crippen molar-refractivity contribution in [2.24, 2.45) is 0 Å². The minimum absolute atomic E-state index is 0.477. The summed E-state index contributed by atoms with van der Waals surface area (Å²) in [5, 5.41) is 13.8. The lowest BCUT2D eigenvalue weighted by atomic mass is 9.78. The van der Waals surface area contributed by atoms with E-state index in [-0.39, 0.29) is 0 Å². The Morgan fingerprint density at radius 1 is 1.25 bits per heavy atom. The second kappa shape index (κ2) is 4.98. The molecule has 0 atom stereocenters. The van der Waals surface area contributed by atoms with Crippen molar-refractivity contribution in [1.82, 2.24) is 5.32 Å². The first-order chi connectivity index (χ1) is 7.72. The van der Waals surface area contributed by atoms with Crippen molar-refractivity contribution < 1.29 is 5.11 Å². The summed E-state index contributed by atoms with van der Waals surface area (Å²) in [5.74, 6) is 0. The van der Waals surface area contributed by atoms with Crippen LogP contribution in [0.1, 0.15) is 31.2 Å². The molecule has 2 N–H and O–H groups in total. The number of hydrogen-bond donors (Lipinski definition) is 2. The van der Waals surface area contributed by atoms with Crippen molar-refractivity contribution in [3.05, 3.63) is 35.9 Å². The molecule has 0 bridgehead atoms. The van der Waals surface area contributed by atoms with Crippen LogP contribution in [0.15, 0.2) is 30.3 Å². The molecule has 2 nitrogen and oxygen atoms in total. The minimum Gasteiger partial charge on any atom is -0.390 e. The summed E-state index contributed by atoms with van der Waals surface area (Å²) < 4.78 is 0. The summed E-state index contributed by atoms with van der Waals surface area (Å²) >= 11 is 0. The van der Waals surface area contributed by atoms with Crippen molar-refractivity contribution in [2.45, 2.75) is 43.7 Å². The van der Waals surface area contributed by atoms with E-state index in [1.165, 1.54) is 5.56 Å². The Labute approximate surface area is 97.7 Å². The first kappa shape index (κ1) is 11.6. The van der Waals surface area contributed by atoms with E-state index in [4.69, 9.17) is 0 Å². The van der Waals surface area contributed by atoms with Crippen molar-refractivity contribution in [1.29, 1.82) is 0 Å². The van der Waals surface area contributed by atoms with Crippen LogP contribution in [0.5, 0.6) is 0 Å². The molecule has 0 aliphatic heterocycles. The fourth-order valence-corrected chi connectivity index (χ4v) is 2.60. The van der Waals surface area contributed by atoms with Gasteiger partial charge in [0.2, 0.25) is 0 Å². The van der Waals surface area contributed by atoms with Crippen molar-refractivity contribution >= 4 is 0 Å². The van der Waals surface area contributed by atoms with Crippen LogP contribution in [0.2, 0.25) is 0 Å². The molecule has 0 unspecified atom stereocenters. The molecule has 88 valence electrons. The van der Waals surface area contributed by atoms with Gasteiger partial charge in [0.15, 0.2) is 0 Å². The van der Waals surface area contributed by atoms with Gasteiger partial charge in [-0.25, -0.2) is 0 Å². The van der Waals surface area contributed by atoms with Crippen molar-refractivity contribution in [3.8, 4) is 0 Å². The molecule has 1 aromatic carbocycles. The maximum atomic E-state index is 10.5. The smallest absolute Gasteiger partial charge is 0.0689 e. The highest BCUT2D eigenvalue weighted by molar-refractivity contribution is 5.17. The van der Waals surface area contributed by atoms with Crippen molar-refractivity contribution in [2.75, 3.05) is 7.05 Å². The standard InChI is InChI=1S/C14H21NO/c1-15-13-7-9-14(16,10-8-13)11-12-5-3-2-4-6-12/h2-6,13,15-16H,7-11H2,1H3. The first-order valence-electron chi connectivity index (χ1n) is 6.15. The van der Waals surface area contributed by atoms with E-state index >= 15 is 0 Å². The first-order valence-corrected chi connectivity index (χ1v) is 6.15. The van der Waals surface area contributed by atoms with Crippen LogP contribution >= 0.6 is 0 Å². The lowest BCUT2D eigenvalue weighted by molar-refractivity contribution is -0.00242. The summed E-state index contributed by atoms with van der Waals surface area (Å²) in [6.07, 6.45) is 4.78. The Hall–Kier alpha value is -0.860. The Morgan fingerprint density at radius 2 is 1.88 bits per heavy atom. The monoisotopic (exact) mass is 219 g/mol. The Bertz CT molecular complexity index is 315. The Kier molecular flexibility index (Phi) is 3.62. The fourth-order valence-electron chi connectivity index (χ4n) is 2.60. The number of aliphatic hydroxyl groups is 1. The van der Waals surface area contributed by atoms with Gasteiger partial charge >= 0.3 is 0 Å². The van der Waals surface area contributed by atoms with E-state index in [2.05, 4.69) is 17.4 Å². The predicted molar refractivity (Wildman–Crippen MR) is 66.4 cm³/mol. The highest BCUT2D eigenvalue weighted by atomic mass is 16.3. The maximum absolute atomic E-state index is 10.5. The summed E-state index contributed by atoms with van der Waals surface area (Å²) in [6.45, 7) is 0. The molecule has 1 aromatic rings. The number of benzene rings is 1. The largest absolute Gasteiger partial charge is 0.390 e. The van der Waals surface area contributed by atoms with E-state index in [0.717, 1.165) is 32.1 Å². The molecule has 1 saturated carbocycles. The van der Waals surface area contributed by atoms with Gasteiger partial charge < -0.3 is 10.4 Å². The molecule has 0 saturated heterocycles. The van der Waals surface area contributed by atoms with Crippen LogP contribution in [-0.4, -0.2) is 23.8 Å². The van der Waals surface area contributed by atoms with Crippen LogP contribution in [0.25, 0.3) is 0 Å². The zero-order chi connectivity index (χ0) is 11.4. The molecular weight excluding hydrogens is 198 g/mol. The third kappa shape index (κ3) is 2.83. The van der Waals surface area contributed by atoms with E-state index in [9.17, 15) is 5.11 Å². The summed E-state index contributed by atoms with van der Waals surface area (Å²) in [5.41, 5.74) is 0.766. The lowest BCUT2D eigenvalue weighted by Gasteiger charge is -2.36. The molecule has 2 rings (SSSR count). The highest BCUT2D eigenvalue weighted by Crippen LogP contribution is 2.31. The molecule has 0 spiro atoms. The minimum atomic E-state index is -0.477. The number of nitrogens with one attached hydrogen (secondary N) is 1. The van der Waals surface area contributed by atoms with Crippen LogP contribution in [0.4, 0.5) is 0 Å². The molecule has 16 heavy (non-hydrogen) atoms. The van der Waals surface area contributed by atoms with Gasteiger partial charge in [-0.05, 0) is 38.3 Å². The van der Waals surface area contributed by atoms with Gasteiger partial charge in [0, 0.05) is 12.5 Å². The average molecular weight is 219 g/mol. The third-order valence-corrected chi connectivity index (χ3v) is 3.70. The average Bonchev–Trinajstić information content (AvgIpc) is 2.31. The second-order valence-corrected chi connectivity index (χ2v) is 4.95. The third-order valence-electron chi connectivity index (χ3n) is 3.70. The topological polar surface area (TPSA) is 32.3 Å². The van der Waals surface area contributed by atoms with Crippen LogP contribution < -0.4 is 5.32 Å². The number of hydrogen-bond acceptors (Lipinski definition) is 2. The van der Waals surface area contributed by atoms with Gasteiger partial charge in [0.25, 0.3) is 0 Å². The molecule has 1 fully saturated rings. The van der Waals surface area contributed by atoms with Gasteiger partial charge in [-0.3, -0.25) is 0 Å².